The standard InChI is InChI=1S/C36H49N3O12S4/c1-35(2)29-26-28(55(47,48)49)16-18-31(29)38(21-11-23-53(41,42)43)33(35)13-7-6-8-14-34-36(3,19-9-4-5-10-20-37)30-25-27(52-51-50-40)15-17-32(30)39(34)22-12-24-54(44,45)46/h6-8,13-18,25-26H,4-5,9-12,19-24,37H2,1-3H3,(H3-,40,41,42,43,44,45,46,47,48,49)/p-3. The third kappa shape index (κ3) is 11.6. The summed E-state index contributed by atoms with van der Waals surface area (Å²) >= 11 is 0.758. The van der Waals surface area contributed by atoms with E-state index in [2.05, 4.69) is 16.3 Å². The molecule has 0 saturated carbocycles. The molecule has 0 saturated heterocycles. The van der Waals surface area contributed by atoms with Gasteiger partial charge in [0.15, 0.2) is 5.71 Å². The molecule has 4 rings (SSSR count). The molecule has 0 amide bonds. The first-order chi connectivity index (χ1) is 25.7. The number of fused-ring (bicyclic) bond motifs is 2. The molecule has 55 heavy (non-hydrogen) atoms. The Morgan fingerprint density at radius 1 is 0.836 bits per heavy atom. The van der Waals surface area contributed by atoms with Crippen LogP contribution in [0.5, 0.6) is 0 Å². The molecule has 2 aromatic rings. The minimum absolute atomic E-state index is 0.00728. The van der Waals surface area contributed by atoms with Crippen molar-refractivity contribution < 1.29 is 58.1 Å². The third-order valence-electron chi connectivity index (χ3n) is 9.93. The fourth-order valence-corrected chi connectivity index (χ4v) is 9.18. The summed E-state index contributed by atoms with van der Waals surface area (Å²) in [6, 6.07) is 9.51. The SMILES string of the molecule is CC1(C)C(/C=C/C=C/C=C2\N(CCCS(=O)(=O)[O-])c3ccc(SOO[O-])cc3C2(C)CCCCCCN)=[N+](CCCS(=O)(=O)[O-])c2ccc(S(=O)(=O)[O-])cc21. The van der Waals surface area contributed by atoms with Crippen molar-refractivity contribution >= 4 is 59.5 Å². The molecule has 0 fully saturated rings. The normalized spacial score (nSPS) is 19.3. The van der Waals surface area contributed by atoms with E-state index in [0.29, 0.717) is 34.8 Å². The number of nitrogens with zero attached hydrogens (tertiary/aromatic N) is 2. The molecule has 2 aliphatic rings. The van der Waals surface area contributed by atoms with Gasteiger partial charge in [0, 0.05) is 63.9 Å². The highest BCUT2D eigenvalue weighted by Crippen LogP contribution is 2.52. The van der Waals surface area contributed by atoms with Crippen LogP contribution in [0, 0.1) is 0 Å². The van der Waals surface area contributed by atoms with Crippen LogP contribution in [0.4, 0.5) is 11.4 Å². The molecule has 15 nitrogen and oxygen atoms in total. The lowest BCUT2D eigenvalue weighted by molar-refractivity contribution is -0.777. The van der Waals surface area contributed by atoms with Gasteiger partial charge in [-0.15, -0.1) is 0 Å². The molecular weight excluding hydrogens is 795 g/mol. The molecule has 1 atom stereocenters. The van der Waals surface area contributed by atoms with E-state index >= 15 is 0 Å². The number of anilines is 1. The van der Waals surface area contributed by atoms with Gasteiger partial charge >= 0.3 is 0 Å². The number of unbranched alkanes of at least 4 members (excludes halogenated alkanes) is 3. The summed E-state index contributed by atoms with van der Waals surface area (Å²) in [6.45, 7) is 6.73. The van der Waals surface area contributed by atoms with E-state index in [0.717, 1.165) is 54.7 Å². The predicted molar refractivity (Wildman–Crippen MR) is 203 cm³/mol. The maximum atomic E-state index is 11.9. The molecule has 0 bridgehead atoms. The molecule has 304 valence electrons. The van der Waals surface area contributed by atoms with Crippen LogP contribution in [0.3, 0.4) is 0 Å². The summed E-state index contributed by atoms with van der Waals surface area (Å²) in [5.74, 6) is -1.14. The van der Waals surface area contributed by atoms with Crippen molar-refractivity contribution in [3.8, 4) is 0 Å². The van der Waals surface area contributed by atoms with Crippen molar-refractivity contribution in [1.29, 1.82) is 0 Å². The second-order valence-corrected chi connectivity index (χ2v) is 19.4. The topological polar surface area (TPSA) is 245 Å². The molecule has 19 heteroatoms. The highest BCUT2D eigenvalue weighted by atomic mass is 32.2. The van der Waals surface area contributed by atoms with E-state index < -0.39 is 57.6 Å². The lowest BCUT2D eigenvalue weighted by atomic mass is 9.77. The number of benzene rings is 2. The van der Waals surface area contributed by atoms with Crippen molar-refractivity contribution in [3.63, 3.8) is 0 Å². The quantitative estimate of drug-likeness (QED) is 0.0358. The number of nitrogens with two attached hydrogens (primary N) is 1. The van der Waals surface area contributed by atoms with Gasteiger partial charge in [-0.2, -0.15) is 8.91 Å². The van der Waals surface area contributed by atoms with Crippen LogP contribution in [0.15, 0.2) is 82.3 Å². The van der Waals surface area contributed by atoms with Gasteiger partial charge < -0.3 is 29.5 Å². The monoisotopic (exact) mass is 840 g/mol. The Bertz CT molecular complexity index is 2170. The zero-order chi connectivity index (χ0) is 40.7. The zero-order valence-electron chi connectivity index (χ0n) is 30.8. The molecule has 0 spiro atoms. The molecule has 0 aliphatic carbocycles. The fourth-order valence-electron chi connectivity index (χ4n) is 7.32. The zero-order valence-corrected chi connectivity index (χ0v) is 34.1. The number of rotatable bonds is 21. The van der Waals surface area contributed by atoms with Crippen LogP contribution in [0.1, 0.15) is 76.8 Å². The molecular formula is C36H46N3O12S4-3. The first-order valence-corrected chi connectivity index (χ1v) is 23.0. The Kier molecular flexibility index (Phi) is 15.1. The second-order valence-electron chi connectivity index (χ2n) is 14.2. The molecule has 2 aromatic carbocycles. The highest BCUT2D eigenvalue weighted by Gasteiger charge is 2.45. The molecule has 2 N–H and O–H groups in total. The Balaban J connectivity index is 1.74. The van der Waals surface area contributed by atoms with Crippen LogP contribution in [0.25, 0.3) is 0 Å². The molecule has 1 unspecified atom stereocenters. The summed E-state index contributed by atoms with van der Waals surface area (Å²) in [5.41, 5.74) is 8.69. The lowest BCUT2D eigenvalue weighted by Crippen LogP contribution is -2.30. The van der Waals surface area contributed by atoms with Gasteiger partial charge in [-0.25, -0.2) is 25.3 Å². The molecule has 0 radical (unpaired) electrons. The van der Waals surface area contributed by atoms with Crippen LogP contribution >= 0.6 is 12.0 Å². The van der Waals surface area contributed by atoms with Gasteiger partial charge in [0.05, 0.1) is 42.6 Å². The van der Waals surface area contributed by atoms with Crippen LogP contribution in [-0.4, -0.2) is 80.3 Å². The Hall–Kier alpha value is -2.95. The minimum atomic E-state index is -4.76. The maximum Gasteiger partial charge on any atom is 0.209 e. The van der Waals surface area contributed by atoms with E-state index in [1.165, 1.54) is 18.2 Å². The number of hydrogen-bond donors (Lipinski definition) is 1. The molecule has 2 aliphatic heterocycles. The summed E-state index contributed by atoms with van der Waals surface area (Å²) in [7, 11) is -13.7. The van der Waals surface area contributed by atoms with Gasteiger partial charge in [0.2, 0.25) is 5.69 Å². The van der Waals surface area contributed by atoms with Crippen LogP contribution in [-0.2, 0) is 50.6 Å². The average Bonchev–Trinajstić information content (AvgIpc) is 3.44. The van der Waals surface area contributed by atoms with E-state index in [1.807, 2.05) is 47.6 Å². The van der Waals surface area contributed by atoms with E-state index in [4.69, 9.17) is 5.73 Å². The van der Waals surface area contributed by atoms with Crippen molar-refractivity contribution in [2.75, 3.05) is 36.0 Å². The predicted octanol–water partition coefficient (Wildman–Crippen LogP) is 3.75. The van der Waals surface area contributed by atoms with Gasteiger partial charge in [0.25, 0.3) is 0 Å². The van der Waals surface area contributed by atoms with Crippen LogP contribution < -0.4 is 15.9 Å². The summed E-state index contributed by atoms with van der Waals surface area (Å²) in [4.78, 5) is 2.21. The molecule has 2 heterocycles. The van der Waals surface area contributed by atoms with Gasteiger partial charge in [-0.05, 0) is 88.5 Å². The van der Waals surface area contributed by atoms with E-state index in [9.17, 15) is 44.2 Å². The van der Waals surface area contributed by atoms with Gasteiger partial charge in [-0.1, -0.05) is 37.5 Å². The average molecular weight is 841 g/mol. The Labute approximate surface area is 327 Å². The number of allylic oxidation sites excluding steroid dienone is 6. The third-order valence-corrected chi connectivity index (χ3v) is 12.9. The highest BCUT2D eigenvalue weighted by molar-refractivity contribution is 7.94. The van der Waals surface area contributed by atoms with Crippen molar-refractivity contribution in [2.45, 2.75) is 86.3 Å². The molecule has 0 aromatic heterocycles. The van der Waals surface area contributed by atoms with Gasteiger partial charge in [-0.3, -0.25) is 5.04 Å². The summed E-state index contributed by atoms with van der Waals surface area (Å²) in [5, 5.41) is 14.1. The fraction of sp³-hybridized carbons (Fsp3) is 0.472. The second kappa shape index (κ2) is 18.5. The first-order valence-electron chi connectivity index (χ1n) is 17.7. The first kappa shape index (κ1) is 44.8. The Morgan fingerprint density at radius 2 is 1.53 bits per heavy atom. The van der Waals surface area contributed by atoms with E-state index in [-0.39, 0.29) is 25.9 Å². The largest absolute Gasteiger partial charge is 0.748 e. The van der Waals surface area contributed by atoms with Crippen molar-refractivity contribution in [2.24, 2.45) is 5.73 Å². The Morgan fingerprint density at radius 3 is 2.18 bits per heavy atom. The van der Waals surface area contributed by atoms with Crippen molar-refractivity contribution in [3.05, 3.63) is 83.6 Å². The minimum Gasteiger partial charge on any atom is -0.748 e. The van der Waals surface area contributed by atoms with Crippen molar-refractivity contribution in [1.82, 2.24) is 0 Å². The van der Waals surface area contributed by atoms with E-state index in [1.54, 1.807) is 24.3 Å². The van der Waals surface area contributed by atoms with Crippen LogP contribution in [0.2, 0.25) is 0 Å². The summed E-state index contributed by atoms with van der Waals surface area (Å²) in [6.07, 6.45) is 13.5. The van der Waals surface area contributed by atoms with Gasteiger partial charge in [0.1, 0.15) is 16.7 Å². The summed E-state index contributed by atoms with van der Waals surface area (Å²) < 4.78 is 111. The smallest absolute Gasteiger partial charge is 0.209 e. The number of hydrogen-bond acceptors (Lipinski definition) is 15. The maximum absolute atomic E-state index is 11.9. The lowest BCUT2D eigenvalue weighted by Gasteiger charge is -2.30.